The first-order valence-corrected chi connectivity index (χ1v) is 6.95. The summed E-state index contributed by atoms with van der Waals surface area (Å²) in [4.78, 5) is 2.41. The molecule has 0 radical (unpaired) electrons. The molecular formula is C15H20N2O. The minimum Gasteiger partial charge on any atom is -0.399 e. The molecule has 3 aliphatic rings. The van der Waals surface area contributed by atoms with Crippen LogP contribution < -0.4 is 10.6 Å². The van der Waals surface area contributed by atoms with Crippen molar-refractivity contribution >= 4 is 11.4 Å². The highest BCUT2D eigenvalue weighted by Crippen LogP contribution is 2.55. The van der Waals surface area contributed by atoms with Gasteiger partial charge in [0.1, 0.15) is 0 Å². The van der Waals surface area contributed by atoms with Crippen LogP contribution in [0.5, 0.6) is 0 Å². The Morgan fingerprint density at radius 2 is 2.06 bits per heavy atom. The molecule has 1 saturated heterocycles. The number of rotatable bonds is 1. The predicted octanol–water partition coefficient (Wildman–Crippen LogP) is 1.78. The number of fused-ring (bicyclic) bond motifs is 1. The van der Waals surface area contributed by atoms with Gasteiger partial charge in [-0.15, -0.1) is 0 Å². The Morgan fingerprint density at radius 3 is 2.78 bits per heavy atom. The number of hydrogen-bond donors (Lipinski definition) is 2. The number of nitrogen functional groups attached to an aromatic ring is 1. The lowest BCUT2D eigenvalue weighted by Crippen LogP contribution is -2.40. The van der Waals surface area contributed by atoms with Gasteiger partial charge >= 0.3 is 0 Å². The molecule has 1 aliphatic heterocycles. The van der Waals surface area contributed by atoms with E-state index in [1.54, 1.807) is 0 Å². The Balaban J connectivity index is 1.74. The Kier molecular flexibility index (Phi) is 2.03. The van der Waals surface area contributed by atoms with Crippen LogP contribution in [0.15, 0.2) is 18.2 Å². The van der Waals surface area contributed by atoms with Crippen LogP contribution in [-0.4, -0.2) is 23.8 Å². The third-order valence-electron chi connectivity index (χ3n) is 5.26. The molecule has 0 amide bonds. The van der Waals surface area contributed by atoms with E-state index >= 15 is 0 Å². The molecule has 0 spiro atoms. The van der Waals surface area contributed by atoms with Gasteiger partial charge in [0.2, 0.25) is 0 Å². The van der Waals surface area contributed by atoms with Gasteiger partial charge in [-0.1, -0.05) is 0 Å². The molecule has 2 aliphatic carbocycles. The monoisotopic (exact) mass is 244 g/mol. The second kappa shape index (κ2) is 3.41. The smallest absolute Gasteiger partial charge is 0.0774 e. The quantitative estimate of drug-likeness (QED) is 0.740. The van der Waals surface area contributed by atoms with Gasteiger partial charge in [0.15, 0.2) is 0 Å². The van der Waals surface area contributed by atoms with Gasteiger partial charge in [-0.2, -0.15) is 0 Å². The van der Waals surface area contributed by atoms with E-state index in [-0.39, 0.29) is 6.10 Å². The van der Waals surface area contributed by atoms with Crippen LogP contribution in [0.25, 0.3) is 0 Å². The van der Waals surface area contributed by atoms with Crippen molar-refractivity contribution in [3.05, 3.63) is 23.8 Å². The first kappa shape index (κ1) is 10.7. The summed E-state index contributed by atoms with van der Waals surface area (Å²) in [6.07, 6.45) is 2.32. The highest BCUT2D eigenvalue weighted by Gasteiger charge is 2.58. The van der Waals surface area contributed by atoms with Crippen LogP contribution in [0.2, 0.25) is 0 Å². The van der Waals surface area contributed by atoms with Crippen LogP contribution in [-0.2, 0) is 0 Å². The summed E-state index contributed by atoms with van der Waals surface area (Å²) in [5.74, 6) is 2.06. The molecule has 2 bridgehead atoms. The van der Waals surface area contributed by atoms with Gasteiger partial charge < -0.3 is 15.7 Å². The van der Waals surface area contributed by atoms with Crippen LogP contribution in [0.1, 0.15) is 18.4 Å². The van der Waals surface area contributed by atoms with Crippen molar-refractivity contribution in [1.82, 2.24) is 0 Å². The Labute approximate surface area is 108 Å². The van der Waals surface area contributed by atoms with Crippen LogP contribution in [0.3, 0.4) is 0 Å². The zero-order valence-corrected chi connectivity index (χ0v) is 10.7. The molecule has 96 valence electrons. The molecule has 5 unspecified atom stereocenters. The molecular weight excluding hydrogens is 224 g/mol. The number of nitrogens with two attached hydrogens (primary N) is 1. The zero-order valence-electron chi connectivity index (χ0n) is 10.7. The maximum absolute atomic E-state index is 10.4. The molecule has 4 rings (SSSR count). The van der Waals surface area contributed by atoms with Gasteiger partial charge in [-0.3, -0.25) is 0 Å². The van der Waals surface area contributed by atoms with Crippen molar-refractivity contribution in [3.63, 3.8) is 0 Å². The maximum atomic E-state index is 10.4. The fraction of sp³-hybridized carbons (Fsp3) is 0.600. The summed E-state index contributed by atoms with van der Waals surface area (Å²) < 4.78 is 0. The molecule has 1 aromatic carbocycles. The van der Waals surface area contributed by atoms with E-state index in [0.717, 1.165) is 18.2 Å². The predicted molar refractivity (Wildman–Crippen MR) is 72.4 cm³/mol. The van der Waals surface area contributed by atoms with E-state index in [9.17, 15) is 5.11 Å². The third kappa shape index (κ3) is 1.28. The average Bonchev–Trinajstić information content (AvgIpc) is 2.87. The molecule has 1 heterocycles. The van der Waals surface area contributed by atoms with Gasteiger partial charge in [0, 0.05) is 17.9 Å². The SMILES string of the molecule is Cc1cc(N)cc(N2CC3CC4CC3C2C4O)c1. The summed E-state index contributed by atoms with van der Waals surface area (Å²) in [5.41, 5.74) is 9.18. The first-order valence-electron chi connectivity index (χ1n) is 6.95. The minimum absolute atomic E-state index is 0.129. The molecule has 5 atom stereocenters. The van der Waals surface area contributed by atoms with Crippen molar-refractivity contribution in [2.45, 2.75) is 31.9 Å². The molecule has 0 aromatic heterocycles. The summed E-state index contributed by atoms with van der Waals surface area (Å²) in [7, 11) is 0. The zero-order chi connectivity index (χ0) is 12.4. The highest BCUT2D eigenvalue weighted by atomic mass is 16.3. The Morgan fingerprint density at radius 1 is 1.22 bits per heavy atom. The summed E-state index contributed by atoms with van der Waals surface area (Å²) >= 11 is 0. The largest absolute Gasteiger partial charge is 0.399 e. The van der Waals surface area contributed by atoms with Crippen LogP contribution in [0, 0.1) is 24.7 Å². The van der Waals surface area contributed by atoms with Crippen LogP contribution in [0.4, 0.5) is 11.4 Å². The number of anilines is 2. The van der Waals surface area contributed by atoms with Gasteiger partial charge in [-0.25, -0.2) is 0 Å². The molecule has 3 fully saturated rings. The number of aliphatic hydroxyl groups is 1. The van der Waals surface area contributed by atoms with Crippen LogP contribution >= 0.6 is 0 Å². The molecule has 3 heteroatoms. The van der Waals surface area contributed by atoms with E-state index < -0.39 is 0 Å². The number of aliphatic hydroxyl groups excluding tert-OH is 1. The maximum Gasteiger partial charge on any atom is 0.0774 e. The van der Waals surface area contributed by atoms with Crippen molar-refractivity contribution in [2.75, 3.05) is 17.2 Å². The summed E-state index contributed by atoms with van der Waals surface area (Å²) in [5, 5.41) is 10.4. The molecule has 3 nitrogen and oxygen atoms in total. The summed E-state index contributed by atoms with van der Waals surface area (Å²) in [6, 6.07) is 6.59. The number of nitrogens with zero attached hydrogens (tertiary/aromatic N) is 1. The minimum atomic E-state index is -0.129. The fourth-order valence-corrected chi connectivity index (χ4v) is 4.67. The Bertz CT molecular complexity index is 479. The number of aryl methyl sites for hydroxylation is 1. The normalized spacial score (nSPS) is 40.8. The van der Waals surface area contributed by atoms with Crippen molar-refractivity contribution in [3.8, 4) is 0 Å². The molecule has 2 saturated carbocycles. The van der Waals surface area contributed by atoms with Crippen molar-refractivity contribution < 1.29 is 5.11 Å². The van der Waals surface area contributed by atoms with Gasteiger partial charge in [-0.05, 0) is 61.3 Å². The van der Waals surface area contributed by atoms with Crippen molar-refractivity contribution in [1.29, 1.82) is 0 Å². The molecule has 3 N–H and O–H groups in total. The lowest BCUT2D eigenvalue weighted by molar-refractivity contribution is 0.0967. The second-order valence-corrected chi connectivity index (χ2v) is 6.39. The lowest BCUT2D eigenvalue weighted by Gasteiger charge is -2.30. The summed E-state index contributed by atoms with van der Waals surface area (Å²) in [6.45, 7) is 3.18. The average molecular weight is 244 g/mol. The van der Waals surface area contributed by atoms with Crippen molar-refractivity contribution in [2.24, 2.45) is 17.8 Å². The van der Waals surface area contributed by atoms with E-state index in [2.05, 4.69) is 24.0 Å². The standard InChI is InChI=1S/C15H20N2O/c1-8-2-11(16)6-12(3-8)17-7-10-4-9-5-13(10)14(17)15(9)18/h2-3,6,9-10,13-15,18H,4-5,7,16H2,1H3. The third-order valence-corrected chi connectivity index (χ3v) is 5.26. The second-order valence-electron chi connectivity index (χ2n) is 6.39. The molecule has 18 heavy (non-hydrogen) atoms. The van der Waals surface area contributed by atoms with Gasteiger partial charge in [0.25, 0.3) is 0 Å². The Hall–Kier alpha value is -1.22. The first-order chi connectivity index (χ1) is 8.63. The highest BCUT2D eigenvalue weighted by molar-refractivity contribution is 5.60. The fourth-order valence-electron chi connectivity index (χ4n) is 4.67. The topological polar surface area (TPSA) is 49.5 Å². The number of hydrogen-bond acceptors (Lipinski definition) is 3. The van der Waals surface area contributed by atoms with E-state index in [0.29, 0.717) is 17.9 Å². The van der Waals surface area contributed by atoms with E-state index in [1.165, 1.54) is 24.1 Å². The van der Waals surface area contributed by atoms with Gasteiger partial charge in [0.05, 0.1) is 12.1 Å². The van der Waals surface area contributed by atoms with E-state index in [4.69, 9.17) is 5.73 Å². The van der Waals surface area contributed by atoms with E-state index in [1.807, 2.05) is 6.07 Å². The number of benzene rings is 1. The lowest BCUT2D eigenvalue weighted by atomic mass is 9.88. The molecule has 1 aromatic rings.